The van der Waals surface area contributed by atoms with Crippen LogP contribution in [0, 0.1) is 5.92 Å². The maximum atomic E-state index is 11.9. The van der Waals surface area contributed by atoms with E-state index in [-0.39, 0.29) is 18.4 Å². The zero-order valence-corrected chi connectivity index (χ0v) is 11.1. The minimum Gasteiger partial charge on any atom is -0.480 e. The molecule has 1 unspecified atom stereocenters. The standard InChI is InChI=1S/C13H16ClNO3/c1-9(13(18)15(2)8-12(16)17)6-10-4-3-5-11(14)7-10/h3-5,7,9H,6,8H2,1-2H3,(H,16,17). The van der Waals surface area contributed by atoms with Crippen LogP contribution in [0.4, 0.5) is 0 Å². The fourth-order valence-corrected chi connectivity index (χ4v) is 1.97. The Hall–Kier alpha value is -1.55. The van der Waals surface area contributed by atoms with Gasteiger partial charge in [0.1, 0.15) is 6.54 Å². The second-order valence-electron chi connectivity index (χ2n) is 4.32. The van der Waals surface area contributed by atoms with Crippen molar-refractivity contribution < 1.29 is 14.7 Å². The highest BCUT2D eigenvalue weighted by Gasteiger charge is 2.19. The van der Waals surface area contributed by atoms with Gasteiger partial charge in [-0.25, -0.2) is 0 Å². The van der Waals surface area contributed by atoms with Gasteiger partial charge in [-0.05, 0) is 24.1 Å². The van der Waals surface area contributed by atoms with Crippen molar-refractivity contribution in [1.82, 2.24) is 4.90 Å². The molecule has 0 radical (unpaired) electrons. The Morgan fingerprint density at radius 3 is 2.67 bits per heavy atom. The zero-order chi connectivity index (χ0) is 13.7. The van der Waals surface area contributed by atoms with Crippen LogP contribution in [-0.2, 0) is 16.0 Å². The molecule has 0 bridgehead atoms. The third-order valence-corrected chi connectivity index (χ3v) is 2.84. The fraction of sp³-hybridized carbons (Fsp3) is 0.385. The van der Waals surface area contributed by atoms with Crippen LogP contribution in [0.2, 0.25) is 5.02 Å². The average Bonchev–Trinajstić information content (AvgIpc) is 2.27. The molecule has 1 atom stereocenters. The van der Waals surface area contributed by atoms with Crippen LogP contribution in [0.3, 0.4) is 0 Å². The summed E-state index contributed by atoms with van der Waals surface area (Å²) in [5, 5.41) is 9.26. The molecule has 4 nitrogen and oxygen atoms in total. The lowest BCUT2D eigenvalue weighted by atomic mass is 10.00. The number of carboxylic acid groups (broad SMARTS) is 1. The smallest absolute Gasteiger partial charge is 0.323 e. The molecular formula is C13H16ClNO3. The summed E-state index contributed by atoms with van der Waals surface area (Å²) in [6.07, 6.45) is 0.545. The SMILES string of the molecule is CC(Cc1cccc(Cl)c1)C(=O)N(C)CC(=O)O. The number of carboxylic acids is 1. The first kappa shape index (κ1) is 14.5. The molecule has 0 heterocycles. The topological polar surface area (TPSA) is 57.6 Å². The van der Waals surface area contributed by atoms with E-state index < -0.39 is 5.97 Å². The van der Waals surface area contributed by atoms with Gasteiger partial charge in [-0.2, -0.15) is 0 Å². The van der Waals surface area contributed by atoms with Gasteiger partial charge in [0.25, 0.3) is 0 Å². The monoisotopic (exact) mass is 269 g/mol. The second-order valence-corrected chi connectivity index (χ2v) is 4.76. The molecule has 1 rings (SSSR count). The Labute approximate surface area is 111 Å². The summed E-state index contributed by atoms with van der Waals surface area (Å²) in [5.74, 6) is -1.47. The van der Waals surface area contributed by atoms with Gasteiger partial charge in [0, 0.05) is 18.0 Å². The predicted octanol–water partition coefficient (Wildman–Crippen LogP) is 2.06. The van der Waals surface area contributed by atoms with Crippen molar-refractivity contribution in [3.05, 3.63) is 34.9 Å². The number of aliphatic carboxylic acids is 1. The highest BCUT2D eigenvalue weighted by Crippen LogP contribution is 2.15. The Morgan fingerprint density at radius 2 is 2.11 bits per heavy atom. The molecule has 1 aromatic carbocycles. The van der Waals surface area contributed by atoms with Crippen LogP contribution >= 0.6 is 11.6 Å². The second kappa shape index (κ2) is 6.40. The quantitative estimate of drug-likeness (QED) is 0.890. The highest BCUT2D eigenvalue weighted by molar-refractivity contribution is 6.30. The van der Waals surface area contributed by atoms with Crippen LogP contribution in [0.5, 0.6) is 0 Å². The van der Waals surface area contributed by atoms with Crippen LogP contribution in [0.25, 0.3) is 0 Å². The number of hydrogen-bond acceptors (Lipinski definition) is 2. The summed E-state index contributed by atoms with van der Waals surface area (Å²) >= 11 is 5.87. The summed E-state index contributed by atoms with van der Waals surface area (Å²) in [6, 6.07) is 7.30. The van der Waals surface area contributed by atoms with E-state index in [0.717, 1.165) is 5.56 Å². The Balaban J connectivity index is 2.62. The van der Waals surface area contributed by atoms with Gasteiger partial charge in [0.15, 0.2) is 0 Å². The third-order valence-electron chi connectivity index (χ3n) is 2.60. The Kier molecular flexibility index (Phi) is 5.16. The number of benzene rings is 1. The minimum atomic E-state index is -1.01. The molecule has 0 aliphatic rings. The van der Waals surface area contributed by atoms with E-state index in [9.17, 15) is 9.59 Å². The minimum absolute atomic E-state index is 0.183. The number of hydrogen-bond donors (Lipinski definition) is 1. The van der Waals surface area contributed by atoms with Gasteiger partial charge >= 0.3 is 5.97 Å². The molecule has 0 saturated heterocycles. The molecule has 0 aliphatic carbocycles. The third kappa shape index (κ3) is 4.37. The van der Waals surface area contributed by atoms with Crippen molar-refractivity contribution in [3.63, 3.8) is 0 Å². The molecule has 5 heteroatoms. The van der Waals surface area contributed by atoms with E-state index in [4.69, 9.17) is 16.7 Å². The molecule has 0 aromatic heterocycles. The lowest BCUT2D eigenvalue weighted by Gasteiger charge is -2.19. The van der Waals surface area contributed by atoms with Gasteiger partial charge in [0.2, 0.25) is 5.91 Å². The van der Waals surface area contributed by atoms with Crippen molar-refractivity contribution >= 4 is 23.5 Å². The number of likely N-dealkylation sites (N-methyl/N-ethyl adjacent to an activating group) is 1. The van der Waals surface area contributed by atoms with Crippen molar-refractivity contribution in [2.75, 3.05) is 13.6 Å². The number of nitrogens with zero attached hydrogens (tertiary/aromatic N) is 1. The Bertz CT molecular complexity index is 448. The first-order chi connectivity index (χ1) is 8.40. The number of amides is 1. The van der Waals surface area contributed by atoms with E-state index in [1.54, 1.807) is 13.0 Å². The van der Waals surface area contributed by atoms with Gasteiger partial charge in [-0.3, -0.25) is 9.59 Å². The van der Waals surface area contributed by atoms with Crippen LogP contribution in [-0.4, -0.2) is 35.5 Å². The summed E-state index contributed by atoms with van der Waals surface area (Å²) in [5.41, 5.74) is 0.965. The van der Waals surface area contributed by atoms with E-state index in [1.807, 2.05) is 18.2 Å². The zero-order valence-electron chi connectivity index (χ0n) is 10.4. The molecule has 1 aromatic rings. The van der Waals surface area contributed by atoms with E-state index in [1.165, 1.54) is 11.9 Å². The summed E-state index contributed by atoms with van der Waals surface area (Å²) in [6.45, 7) is 1.50. The molecule has 0 spiro atoms. The van der Waals surface area contributed by atoms with E-state index in [0.29, 0.717) is 11.4 Å². The van der Waals surface area contributed by atoms with Crippen LogP contribution in [0.1, 0.15) is 12.5 Å². The highest BCUT2D eigenvalue weighted by atomic mass is 35.5. The summed E-state index contributed by atoms with van der Waals surface area (Å²) in [4.78, 5) is 23.6. The first-order valence-electron chi connectivity index (χ1n) is 5.61. The Morgan fingerprint density at radius 1 is 1.44 bits per heavy atom. The van der Waals surface area contributed by atoms with Gasteiger partial charge in [-0.1, -0.05) is 30.7 Å². The number of carbonyl (C=O) groups is 2. The maximum absolute atomic E-state index is 11.9. The summed E-state index contributed by atoms with van der Waals surface area (Å²) < 4.78 is 0. The van der Waals surface area contributed by atoms with E-state index >= 15 is 0 Å². The first-order valence-corrected chi connectivity index (χ1v) is 5.99. The molecule has 0 aliphatic heterocycles. The number of rotatable bonds is 5. The van der Waals surface area contributed by atoms with Crippen molar-refractivity contribution in [1.29, 1.82) is 0 Å². The number of halogens is 1. The number of carbonyl (C=O) groups excluding carboxylic acids is 1. The van der Waals surface area contributed by atoms with Crippen molar-refractivity contribution in [2.24, 2.45) is 5.92 Å². The molecule has 18 heavy (non-hydrogen) atoms. The molecule has 1 N–H and O–H groups in total. The molecule has 0 saturated carbocycles. The van der Waals surface area contributed by atoms with Crippen LogP contribution in [0.15, 0.2) is 24.3 Å². The van der Waals surface area contributed by atoms with Gasteiger partial charge in [-0.15, -0.1) is 0 Å². The molecule has 98 valence electrons. The van der Waals surface area contributed by atoms with Crippen molar-refractivity contribution in [3.8, 4) is 0 Å². The average molecular weight is 270 g/mol. The fourth-order valence-electron chi connectivity index (χ4n) is 1.76. The van der Waals surface area contributed by atoms with Gasteiger partial charge < -0.3 is 10.0 Å². The van der Waals surface area contributed by atoms with E-state index in [2.05, 4.69) is 0 Å². The maximum Gasteiger partial charge on any atom is 0.323 e. The summed E-state index contributed by atoms with van der Waals surface area (Å²) in [7, 11) is 1.49. The largest absolute Gasteiger partial charge is 0.480 e. The lowest BCUT2D eigenvalue weighted by molar-refractivity contribution is -0.144. The normalized spacial score (nSPS) is 11.9. The van der Waals surface area contributed by atoms with Gasteiger partial charge in [0.05, 0.1) is 0 Å². The van der Waals surface area contributed by atoms with Crippen molar-refractivity contribution in [2.45, 2.75) is 13.3 Å². The molecule has 1 amide bonds. The van der Waals surface area contributed by atoms with Crippen LogP contribution < -0.4 is 0 Å². The molecule has 0 fully saturated rings. The predicted molar refractivity (Wildman–Crippen MR) is 69.6 cm³/mol. The molecular weight excluding hydrogens is 254 g/mol. The lowest BCUT2D eigenvalue weighted by Crippen LogP contribution is -2.36.